The van der Waals surface area contributed by atoms with Gasteiger partial charge in [-0.2, -0.15) is 14.1 Å². The van der Waals surface area contributed by atoms with Gasteiger partial charge in [0.25, 0.3) is 0 Å². The van der Waals surface area contributed by atoms with Gasteiger partial charge in [0.1, 0.15) is 5.82 Å². The van der Waals surface area contributed by atoms with Crippen molar-refractivity contribution in [2.75, 3.05) is 39.4 Å². The van der Waals surface area contributed by atoms with Crippen molar-refractivity contribution in [3.05, 3.63) is 76.5 Å². The Bertz CT molecular complexity index is 1300. The fourth-order valence-corrected chi connectivity index (χ4v) is 6.26. The van der Waals surface area contributed by atoms with Crippen LogP contribution in [0.15, 0.2) is 64.3 Å². The van der Waals surface area contributed by atoms with E-state index in [9.17, 15) is 13.2 Å². The highest BCUT2D eigenvalue weighted by Gasteiger charge is 2.31. The van der Waals surface area contributed by atoms with Gasteiger partial charge < -0.3 is 4.74 Å². The molecule has 0 spiro atoms. The third-order valence-electron chi connectivity index (χ3n) is 6.88. The molecule has 10 heteroatoms. The molecule has 35 heavy (non-hydrogen) atoms. The number of sulfonamides is 1. The summed E-state index contributed by atoms with van der Waals surface area (Å²) in [5.74, 6) is 0.594. The summed E-state index contributed by atoms with van der Waals surface area (Å²) >= 11 is 0. The predicted molar refractivity (Wildman–Crippen MR) is 132 cm³/mol. The van der Waals surface area contributed by atoms with E-state index < -0.39 is 10.0 Å². The highest BCUT2D eigenvalue weighted by Crippen LogP contribution is 2.21. The van der Waals surface area contributed by atoms with Crippen LogP contribution in [-0.4, -0.2) is 77.4 Å². The topological polar surface area (TPSA) is 89.7 Å². The van der Waals surface area contributed by atoms with Gasteiger partial charge in [0.05, 0.1) is 23.7 Å². The fraction of sp³-hybridized carbons (Fsp3) is 0.440. The summed E-state index contributed by atoms with van der Waals surface area (Å²) < 4.78 is 36.5. The molecular formula is C25H31N5O4S. The molecule has 9 nitrogen and oxygen atoms in total. The molecule has 2 fully saturated rings. The quantitative estimate of drug-likeness (QED) is 0.517. The minimum absolute atomic E-state index is 0.226. The molecule has 0 radical (unpaired) electrons. The minimum Gasteiger partial charge on any atom is -0.380 e. The number of piperazine rings is 1. The normalized spacial score (nSPS) is 20.2. The maximum atomic E-state index is 13.2. The van der Waals surface area contributed by atoms with Crippen molar-refractivity contribution in [1.29, 1.82) is 0 Å². The standard InChI is InChI=1S/C25H31N5O4S/c1-20-26-30(25(31)29(20)18-21-6-3-2-4-7-21)22-9-11-24(12-10-22)35(32,33)28-15-13-27(14-16-28)23-8-5-17-34-19-23/h2-4,6-7,9-12,23H,5,8,13-19H2,1H3. The van der Waals surface area contributed by atoms with E-state index in [1.807, 2.05) is 30.3 Å². The molecule has 1 unspecified atom stereocenters. The number of nitrogens with zero attached hydrogens (tertiary/aromatic N) is 5. The largest absolute Gasteiger partial charge is 0.380 e. The number of hydrogen-bond donors (Lipinski definition) is 0. The van der Waals surface area contributed by atoms with E-state index in [-0.39, 0.29) is 10.6 Å². The second-order valence-electron chi connectivity index (χ2n) is 9.12. The van der Waals surface area contributed by atoms with Crippen LogP contribution in [0.4, 0.5) is 0 Å². The molecule has 3 aromatic rings. The zero-order chi connectivity index (χ0) is 24.4. The Morgan fingerprint density at radius 1 is 1.00 bits per heavy atom. The predicted octanol–water partition coefficient (Wildman–Crippen LogP) is 1.88. The van der Waals surface area contributed by atoms with E-state index >= 15 is 0 Å². The molecule has 1 aromatic heterocycles. The molecule has 3 heterocycles. The van der Waals surface area contributed by atoms with Gasteiger partial charge in [-0.25, -0.2) is 13.2 Å². The Morgan fingerprint density at radius 3 is 2.37 bits per heavy atom. The van der Waals surface area contributed by atoms with Crippen molar-refractivity contribution in [3.63, 3.8) is 0 Å². The molecule has 0 aliphatic carbocycles. The van der Waals surface area contributed by atoms with Crippen molar-refractivity contribution < 1.29 is 13.2 Å². The van der Waals surface area contributed by atoms with Crippen LogP contribution in [0.2, 0.25) is 0 Å². The van der Waals surface area contributed by atoms with Gasteiger partial charge in [0.15, 0.2) is 0 Å². The van der Waals surface area contributed by atoms with Gasteiger partial charge in [-0.15, -0.1) is 0 Å². The van der Waals surface area contributed by atoms with Gasteiger partial charge in [0, 0.05) is 38.8 Å². The lowest BCUT2D eigenvalue weighted by molar-refractivity contribution is 0.00690. The Kier molecular flexibility index (Phi) is 6.88. The second-order valence-corrected chi connectivity index (χ2v) is 11.1. The van der Waals surface area contributed by atoms with E-state index in [0.717, 1.165) is 31.6 Å². The Balaban J connectivity index is 1.29. The van der Waals surface area contributed by atoms with E-state index in [1.165, 1.54) is 4.68 Å². The molecule has 1 atom stereocenters. The van der Waals surface area contributed by atoms with Crippen molar-refractivity contribution in [1.82, 2.24) is 23.6 Å². The van der Waals surface area contributed by atoms with E-state index in [2.05, 4.69) is 10.00 Å². The third kappa shape index (κ3) is 4.97. The maximum absolute atomic E-state index is 13.2. The van der Waals surface area contributed by atoms with E-state index in [0.29, 0.717) is 50.3 Å². The molecular weight excluding hydrogens is 466 g/mol. The van der Waals surface area contributed by atoms with Crippen LogP contribution >= 0.6 is 0 Å². The van der Waals surface area contributed by atoms with E-state index in [4.69, 9.17) is 4.74 Å². The molecule has 186 valence electrons. The molecule has 5 rings (SSSR count). The summed E-state index contributed by atoms with van der Waals surface area (Å²) in [7, 11) is -3.61. The molecule has 0 amide bonds. The number of benzene rings is 2. The second kappa shape index (κ2) is 10.1. The first-order valence-electron chi connectivity index (χ1n) is 12.1. The smallest absolute Gasteiger partial charge is 0.351 e. The van der Waals surface area contributed by atoms with Crippen LogP contribution in [0.1, 0.15) is 24.2 Å². The van der Waals surface area contributed by atoms with Crippen molar-refractivity contribution >= 4 is 10.0 Å². The number of rotatable bonds is 6. The molecule has 2 aliphatic heterocycles. The van der Waals surface area contributed by atoms with Gasteiger partial charge in [0.2, 0.25) is 10.0 Å². The van der Waals surface area contributed by atoms with Crippen LogP contribution in [0, 0.1) is 6.92 Å². The first kappa shape index (κ1) is 23.9. The molecule has 2 aromatic carbocycles. The first-order valence-corrected chi connectivity index (χ1v) is 13.5. The summed E-state index contributed by atoms with van der Waals surface area (Å²) in [6, 6.07) is 16.5. The number of aromatic nitrogens is 3. The zero-order valence-electron chi connectivity index (χ0n) is 19.9. The van der Waals surface area contributed by atoms with Crippen LogP contribution in [0.25, 0.3) is 5.69 Å². The van der Waals surface area contributed by atoms with E-state index in [1.54, 1.807) is 40.1 Å². The van der Waals surface area contributed by atoms with Gasteiger partial charge in [-0.05, 0) is 49.6 Å². The maximum Gasteiger partial charge on any atom is 0.351 e. The van der Waals surface area contributed by atoms with Crippen LogP contribution in [-0.2, 0) is 21.3 Å². The van der Waals surface area contributed by atoms with Crippen LogP contribution < -0.4 is 5.69 Å². The first-order chi connectivity index (χ1) is 16.9. The average molecular weight is 498 g/mol. The lowest BCUT2D eigenvalue weighted by atomic mass is 10.1. The summed E-state index contributed by atoms with van der Waals surface area (Å²) in [5.41, 5.74) is 1.28. The van der Waals surface area contributed by atoms with Crippen LogP contribution in [0.3, 0.4) is 0 Å². The van der Waals surface area contributed by atoms with Crippen molar-refractivity contribution in [3.8, 4) is 5.69 Å². The fourth-order valence-electron chi connectivity index (χ4n) is 4.84. The summed E-state index contributed by atoms with van der Waals surface area (Å²) in [6.07, 6.45) is 2.16. The minimum atomic E-state index is -3.61. The number of hydrogen-bond acceptors (Lipinski definition) is 6. The third-order valence-corrected chi connectivity index (χ3v) is 8.79. The molecule has 0 bridgehead atoms. The van der Waals surface area contributed by atoms with Gasteiger partial charge in [-0.3, -0.25) is 9.47 Å². The molecule has 2 aliphatic rings. The molecule has 2 saturated heterocycles. The average Bonchev–Trinajstić information content (AvgIpc) is 3.18. The summed E-state index contributed by atoms with van der Waals surface area (Å²) in [5, 5.41) is 4.40. The summed E-state index contributed by atoms with van der Waals surface area (Å²) in [6.45, 7) is 6.10. The Morgan fingerprint density at radius 2 is 1.71 bits per heavy atom. The Hall–Kier alpha value is -2.79. The number of ether oxygens (including phenoxy) is 1. The SMILES string of the molecule is Cc1nn(-c2ccc(S(=O)(=O)N3CCN(C4CCCOC4)CC3)cc2)c(=O)n1Cc1ccccc1. The lowest BCUT2D eigenvalue weighted by Gasteiger charge is -2.40. The van der Waals surface area contributed by atoms with Crippen LogP contribution in [0.5, 0.6) is 0 Å². The van der Waals surface area contributed by atoms with Gasteiger partial charge in [-0.1, -0.05) is 30.3 Å². The zero-order valence-corrected chi connectivity index (χ0v) is 20.7. The number of aryl methyl sites for hydroxylation is 1. The monoisotopic (exact) mass is 497 g/mol. The van der Waals surface area contributed by atoms with Crippen molar-refractivity contribution in [2.45, 2.75) is 37.2 Å². The summed E-state index contributed by atoms with van der Waals surface area (Å²) in [4.78, 5) is 15.6. The Labute approximate surface area is 205 Å². The van der Waals surface area contributed by atoms with Gasteiger partial charge >= 0.3 is 5.69 Å². The molecule has 0 saturated carbocycles. The highest BCUT2D eigenvalue weighted by atomic mass is 32.2. The molecule has 0 N–H and O–H groups in total. The highest BCUT2D eigenvalue weighted by molar-refractivity contribution is 7.89. The van der Waals surface area contributed by atoms with Crippen molar-refractivity contribution in [2.24, 2.45) is 0 Å². The lowest BCUT2D eigenvalue weighted by Crippen LogP contribution is -2.53.